The summed E-state index contributed by atoms with van der Waals surface area (Å²) in [4.78, 5) is 46.9. The van der Waals surface area contributed by atoms with Gasteiger partial charge in [-0.15, -0.1) is 0 Å². The molecule has 13 heteroatoms. The fraction of sp³-hybridized carbons (Fsp3) is 0.433. The maximum Gasteiger partial charge on any atom is 0.325 e. The van der Waals surface area contributed by atoms with E-state index in [0.717, 1.165) is 62.6 Å². The first kappa shape index (κ1) is 27.3. The number of nitrogens with one attached hydrogen (secondary N) is 1. The molecule has 0 aliphatic carbocycles. The highest BCUT2D eigenvalue weighted by atomic mass is 16.5. The molecule has 43 heavy (non-hydrogen) atoms. The molecule has 13 nitrogen and oxygen atoms in total. The number of morpholine rings is 1. The Bertz CT molecular complexity index is 1510. The van der Waals surface area contributed by atoms with Crippen LogP contribution in [0.2, 0.25) is 0 Å². The monoisotopic (exact) mass is 586 g/mol. The van der Waals surface area contributed by atoms with Crippen LogP contribution in [0.1, 0.15) is 12.8 Å². The summed E-state index contributed by atoms with van der Waals surface area (Å²) in [6, 6.07) is 9.48. The molecule has 1 atom stereocenters. The van der Waals surface area contributed by atoms with E-state index in [2.05, 4.69) is 25.2 Å². The minimum absolute atomic E-state index is 0.0378. The Morgan fingerprint density at radius 3 is 2.65 bits per heavy atom. The van der Waals surface area contributed by atoms with Crippen LogP contribution in [0.15, 0.2) is 42.7 Å². The van der Waals surface area contributed by atoms with Crippen molar-refractivity contribution in [3.8, 4) is 22.9 Å². The van der Waals surface area contributed by atoms with Crippen LogP contribution in [-0.2, 0) is 9.53 Å². The van der Waals surface area contributed by atoms with Gasteiger partial charge in [0, 0.05) is 57.6 Å². The van der Waals surface area contributed by atoms with Crippen molar-refractivity contribution in [3.05, 3.63) is 42.7 Å². The summed E-state index contributed by atoms with van der Waals surface area (Å²) in [5, 5.41) is 3.20. The first-order valence-electron chi connectivity index (χ1n) is 14.7. The fourth-order valence-corrected chi connectivity index (χ4v) is 6.04. The summed E-state index contributed by atoms with van der Waals surface area (Å²) in [6.07, 6.45) is 4.81. The number of carbonyl (C=O) groups is 2. The summed E-state index contributed by atoms with van der Waals surface area (Å²) >= 11 is 0. The fourth-order valence-electron chi connectivity index (χ4n) is 6.04. The van der Waals surface area contributed by atoms with Crippen molar-refractivity contribution in [2.75, 3.05) is 81.3 Å². The Labute approximate surface area is 249 Å². The average Bonchev–Trinajstić information content (AvgIpc) is 3.62. The highest BCUT2D eigenvalue weighted by Gasteiger charge is 2.43. The van der Waals surface area contributed by atoms with Gasteiger partial charge in [-0.25, -0.2) is 14.8 Å². The molecule has 1 unspecified atom stereocenters. The van der Waals surface area contributed by atoms with Crippen LogP contribution < -0.4 is 24.6 Å². The van der Waals surface area contributed by atoms with Crippen molar-refractivity contribution in [3.63, 3.8) is 0 Å². The van der Waals surface area contributed by atoms with Crippen LogP contribution in [-0.4, -0.2) is 109 Å². The van der Waals surface area contributed by atoms with Crippen LogP contribution in [0.3, 0.4) is 0 Å². The number of aromatic nitrogens is 3. The van der Waals surface area contributed by atoms with Gasteiger partial charge >= 0.3 is 6.03 Å². The predicted molar refractivity (Wildman–Crippen MR) is 159 cm³/mol. The molecule has 6 heterocycles. The van der Waals surface area contributed by atoms with Gasteiger partial charge in [0.25, 0.3) is 0 Å². The first-order valence-corrected chi connectivity index (χ1v) is 14.7. The summed E-state index contributed by atoms with van der Waals surface area (Å²) in [5.74, 6) is 1.31. The zero-order valence-electron chi connectivity index (χ0n) is 24.1. The molecule has 3 saturated heterocycles. The van der Waals surface area contributed by atoms with Crippen molar-refractivity contribution >= 4 is 34.9 Å². The van der Waals surface area contributed by atoms with Gasteiger partial charge in [0.05, 0.1) is 43.8 Å². The van der Waals surface area contributed by atoms with E-state index in [1.165, 1.54) is 0 Å². The minimum atomic E-state index is -0.0765. The number of hydrogen-bond acceptors (Lipinski definition) is 10. The number of pyridine rings is 1. The molecule has 3 aromatic rings. The lowest BCUT2D eigenvalue weighted by Gasteiger charge is -2.30. The molecule has 0 bridgehead atoms. The van der Waals surface area contributed by atoms with E-state index >= 15 is 0 Å². The number of nitrogens with zero attached hydrogens (tertiary/aromatic N) is 7. The number of methoxy groups -OCH3 is 1. The Balaban J connectivity index is 1.06. The second-order valence-electron chi connectivity index (χ2n) is 11.0. The van der Waals surface area contributed by atoms with Gasteiger partial charge < -0.3 is 29.3 Å². The quantitative estimate of drug-likeness (QED) is 0.421. The molecule has 2 aromatic heterocycles. The number of amides is 3. The number of benzene rings is 1. The molecule has 0 radical (unpaired) electrons. The predicted octanol–water partition coefficient (Wildman–Crippen LogP) is 2.75. The smallest absolute Gasteiger partial charge is 0.325 e. The van der Waals surface area contributed by atoms with Crippen molar-refractivity contribution in [1.29, 1.82) is 0 Å². The number of anilines is 4. The average molecular weight is 587 g/mol. The summed E-state index contributed by atoms with van der Waals surface area (Å²) in [7, 11) is 1.56. The maximum atomic E-state index is 13.5. The SMILES string of the molecule is COc1nc(Nc2cnc3c(c2)N2C(=O)N(CCN4CCOCC4)CC2CO3)ncc1-c1ccc(N2CCCC2=O)cc1. The van der Waals surface area contributed by atoms with Gasteiger partial charge in [0.2, 0.25) is 23.6 Å². The molecule has 0 saturated carbocycles. The van der Waals surface area contributed by atoms with Gasteiger partial charge in [-0.05, 0) is 30.2 Å². The van der Waals surface area contributed by atoms with E-state index in [0.29, 0.717) is 55.2 Å². The van der Waals surface area contributed by atoms with E-state index < -0.39 is 0 Å². The lowest BCUT2D eigenvalue weighted by atomic mass is 10.1. The third-order valence-electron chi connectivity index (χ3n) is 8.33. The van der Waals surface area contributed by atoms with Gasteiger partial charge in [-0.1, -0.05) is 12.1 Å². The number of rotatable bonds is 8. The molecular formula is C30H34N8O5. The molecule has 4 aliphatic heterocycles. The van der Waals surface area contributed by atoms with Crippen LogP contribution in [0.5, 0.6) is 11.8 Å². The highest BCUT2D eigenvalue weighted by molar-refractivity contribution is 5.97. The Hall–Kier alpha value is -4.49. The number of ether oxygens (including phenoxy) is 3. The van der Waals surface area contributed by atoms with Crippen LogP contribution in [0, 0.1) is 0 Å². The van der Waals surface area contributed by atoms with Crippen molar-refractivity contribution in [2.24, 2.45) is 0 Å². The number of hydrogen-bond donors (Lipinski definition) is 1. The van der Waals surface area contributed by atoms with E-state index in [9.17, 15) is 9.59 Å². The lowest BCUT2D eigenvalue weighted by molar-refractivity contribution is -0.117. The van der Waals surface area contributed by atoms with Gasteiger partial charge in [-0.2, -0.15) is 4.98 Å². The standard InChI is InChI=1S/C30H34N8O5/c1-41-27-24(20-4-6-22(7-5-20)37-8-2-3-26(37)39)17-32-29(34-27)33-21-15-25-28(31-16-21)43-19-23-18-36(30(40)38(23)25)10-9-35-11-13-42-14-12-35/h4-7,15-17,23H,2-3,8-14,18-19H2,1H3,(H,32,33,34). The Kier molecular flexibility index (Phi) is 7.41. The molecule has 3 fully saturated rings. The molecular weight excluding hydrogens is 552 g/mol. The minimum Gasteiger partial charge on any atom is -0.480 e. The van der Waals surface area contributed by atoms with Gasteiger partial charge in [0.15, 0.2) is 0 Å². The number of urea groups is 1. The van der Waals surface area contributed by atoms with Crippen molar-refractivity contribution < 1.29 is 23.8 Å². The maximum absolute atomic E-state index is 13.5. The van der Waals surface area contributed by atoms with E-state index in [1.54, 1.807) is 24.4 Å². The van der Waals surface area contributed by atoms with Crippen molar-refractivity contribution in [2.45, 2.75) is 18.9 Å². The van der Waals surface area contributed by atoms with E-state index in [-0.39, 0.29) is 18.0 Å². The largest absolute Gasteiger partial charge is 0.480 e. The third-order valence-corrected chi connectivity index (χ3v) is 8.33. The second-order valence-corrected chi connectivity index (χ2v) is 11.0. The number of fused-ring (bicyclic) bond motifs is 3. The third kappa shape index (κ3) is 5.41. The first-order chi connectivity index (χ1) is 21.1. The van der Waals surface area contributed by atoms with Crippen LogP contribution in [0.25, 0.3) is 11.1 Å². The number of carbonyl (C=O) groups excluding carboxylic acids is 2. The molecule has 3 amide bonds. The lowest BCUT2D eigenvalue weighted by Crippen LogP contribution is -2.43. The van der Waals surface area contributed by atoms with Gasteiger partial charge in [-0.3, -0.25) is 14.6 Å². The zero-order valence-corrected chi connectivity index (χ0v) is 24.1. The van der Waals surface area contributed by atoms with Crippen LogP contribution >= 0.6 is 0 Å². The summed E-state index contributed by atoms with van der Waals surface area (Å²) < 4.78 is 17.0. The summed E-state index contributed by atoms with van der Waals surface area (Å²) in [5.41, 5.74) is 3.74. The van der Waals surface area contributed by atoms with Crippen molar-refractivity contribution in [1.82, 2.24) is 24.8 Å². The molecule has 0 spiro atoms. The topological polar surface area (TPSA) is 125 Å². The van der Waals surface area contributed by atoms with Gasteiger partial charge in [0.1, 0.15) is 12.3 Å². The molecule has 4 aliphatic rings. The van der Waals surface area contributed by atoms with Crippen LogP contribution in [0.4, 0.5) is 27.8 Å². The van der Waals surface area contributed by atoms with E-state index in [1.807, 2.05) is 40.1 Å². The summed E-state index contributed by atoms with van der Waals surface area (Å²) in [6.45, 7) is 6.49. The molecule has 1 N–H and O–H groups in total. The molecule has 1 aromatic carbocycles. The Morgan fingerprint density at radius 1 is 1.05 bits per heavy atom. The molecule has 224 valence electrons. The molecule has 7 rings (SSSR count). The highest BCUT2D eigenvalue weighted by Crippen LogP contribution is 2.38. The zero-order chi connectivity index (χ0) is 29.3. The Morgan fingerprint density at radius 2 is 1.88 bits per heavy atom. The normalized spacial score (nSPS) is 20.2. The van der Waals surface area contributed by atoms with E-state index in [4.69, 9.17) is 14.2 Å². The second kappa shape index (κ2) is 11.7.